The van der Waals surface area contributed by atoms with Crippen molar-refractivity contribution in [3.8, 4) is 5.69 Å². The molecule has 1 atom stereocenters. The highest BCUT2D eigenvalue weighted by Crippen LogP contribution is 2.11. The number of benzene rings is 2. The second-order valence-electron chi connectivity index (χ2n) is 7.51. The fourth-order valence-electron chi connectivity index (χ4n) is 3.30. The van der Waals surface area contributed by atoms with Crippen LogP contribution in [0.2, 0.25) is 0 Å². The van der Waals surface area contributed by atoms with Crippen LogP contribution in [0.1, 0.15) is 41.3 Å². The summed E-state index contributed by atoms with van der Waals surface area (Å²) in [5.74, 6) is -0.0800. The molecule has 0 aliphatic rings. The zero-order chi connectivity index (χ0) is 21.5. The SMILES string of the molecule is CCCCc1ccc(-n2nnn(C[NH+](C)Cc3ccc(C(=O)NC)cc3)c2=S)cc1. The monoisotopic (exact) mass is 425 g/mol. The topological polar surface area (TPSA) is 69.2 Å². The van der Waals surface area contributed by atoms with Crippen molar-refractivity contribution in [2.75, 3.05) is 14.1 Å². The Morgan fingerprint density at radius 2 is 1.73 bits per heavy atom. The highest BCUT2D eigenvalue weighted by molar-refractivity contribution is 7.71. The Morgan fingerprint density at radius 1 is 1.07 bits per heavy atom. The fraction of sp³-hybridized carbons (Fsp3) is 0.364. The van der Waals surface area contributed by atoms with Gasteiger partial charge < -0.3 is 10.2 Å². The lowest BCUT2D eigenvalue weighted by Crippen LogP contribution is -3.07. The Hall–Kier alpha value is -2.84. The molecule has 0 aliphatic heterocycles. The Balaban J connectivity index is 1.64. The first kappa shape index (κ1) is 21.9. The third-order valence-corrected chi connectivity index (χ3v) is 5.39. The van der Waals surface area contributed by atoms with Gasteiger partial charge in [0.1, 0.15) is 6.54 Å². The summed E-state index contributed by atoms with van der Waals surface area (Å²) in [6.07, 6.45) is 3.47. The van der Waals surface area contributed by atoms with Gasteiger partial charge >= 0.3 is 0 Å². The van der Waals surface area contributed by atoms with Gasteiger partial charge in [-0.2, -0.15) is 9.36 Å². The van der Waals surface area contributed by atoms with Gasteiger partial charge in [0.2, 0.25) is 4.77 Å². The number of amides is 1. The molecule has 2 N–H and O–H groups in total. The molecule has 0 fully saturated rings. The zero-order valence-electron chi connectivity index (χ0n) is 17.8. The lowest BCUT2D eigenvalue weighted by molar-refractivity contribution is -0.917. The van der Waals surface area contributed by atoms with Crippen molar-refractivity contribution in [3.63, 3.8) is 0 Å². The van der Waals surface area contributed by atoms with Gasteiger partial charge in [-0.15, -0.1) is 0 Å². The number of quaternary nitrogens is 1. The highest BCUT2D eigenvalue weighted by atomic mass is 32.1. The largest absolute Gasteiger partial charge is 0.355 e. The van der Waals surface area contributed by atoms with Crippen molar-refractivity contribution in [1.29, 1.82) is 0 Å². The van der Waals surface area contributed by atoms with E-state index >= 15 is 0 Å². The predicted molar refractivity (Wildman–Crippen MR) is 119 cm³/mol. The van der Waals surface area contributed by atoms with Gasteiger partial charge in [0.05, 0.1) is 12.7 Å². The van der Waals surface area contributed by atoms with Crippen LogP contribution in [0.15, 0.2) is 48.5 Å². The fourth-order valence-corrected chi connectivity index (χ4v) is 3.54. The molecule has 1 amide bonds. The van der Waals surface area contributed by atoms with Gasteiger partial charge in [0.25, 0.3) is 5.91 Å². The number of hydrogen-bond acceptors (Lipinski definition) is 4. The minimum atomic E-state index is -0.0800. The molecule has 1 unspecified atom stereocenters. The summed E-state index contributed by atoms with van der Waals surface area (Å²) in [5.41, 5.74) is 4.05. The highest BCUT2D eigenvalue weighted by Gasteiger charge is 2.11. The van der Waals surface area contributed by atoms with Gasteiger partial charge in [-0.05, 0) is 65.3 Å². The van der Waals surface area contributed by atoms with E-state index in [9.17, 15) is 4.79 Å². The molecule has 7 nitrogen and oxygen atoms in total. The molecule has 0 radical (unpaired) electrons. The van der Waals surface area contributed by atoms with Crippen LogP contribution >= 0.6 is 12.2 Å². The van der Waals surface area contributed by atoms with Crippen LogP contribution in [0.25, 0.3) is 5.69 Å². The maximum atomic E-state index is 11.7. The number of tetrazole rings is 1. The van der Waals surface area contributed by atoms with Crippen LogP contribution in [0, 0.1) is 4.77 Å². The molecule has 3 rings (SSSR count). The van der Waals surface area contributed by atoms with Crippen molar-refractivity contribution in [2.45, 2.75) is 39.4 Å². The van der Waals surface area contributed by atoms with E-state index in [1.54, 1.807) is 16.4 Å². The number of rotatable bonds is 9. The summed E-state index contributed by atoms with van der Waals surface area (Å²) in [4.78, 5) is 12.9. The third-order valence-electron chi connectivity index (χ3n) is 5.01. The van der Waals surface area contributed by atoms with Crippen molar-refractivity contribution >= 4 is 18.1 Å². The van der Waals surface area contributed by atoms with Crippen LogP contribution in [0.3, 0.4) is 0 Å². The number of carbonyl (C=O) groups excluding carboxylic acids is 1. The van der Waals surface area contributed by atoms with Gasteiger partial charge in [0, 0.05) is 18.2 Å². The summed E-state index contributed by atoms with van der Waals surface area (Å²) in [6.45, 7) is 3.59. The molecule has 3 aromatic rings. The number of nitrogens with one attached hydrogen (secondary N) is 2. The molecule has 1 heterocycles. The molecular formula is C22H29N6OS+. The molecule has 30 heavy (non-hydrogen) atoms. The number of aryl methyl sites for hydroxylation is 1. The van der Waals surface area contributed by atoms with Crippen molar-refractivity contribution in [3.05, 3.63) is 70.0 Å². The maximum absolute atomic E-state index is 11.7. The molecule has 0 spiro atoms. The van der Waals surface area contributed by atoms with Gasteiger partial charge in [-0.25, -0.2) is 0 Å². The van der Waals surface area contributed by atoms with Crippen LogP contribution in [-0.4, -0.2) is 39.8 Å². The molecule has 158 valence electrons. The standard InChI is InChI=1S/C22H28N6OS/c1-4-5-6-17-9-13-20(14-10-17)28-22(30)27(24-25-28)16-26(3)15-18-7-11-19(12-8-18)21(29)23-2/h7-14H,4-6,15-16H2,1-3H3,(H,23,29)/p+1. The second kappa shape index (κ2) is 10.3. The predicted octanol–water partition coefficient (Wildman–Crippen LogP) is 2.17. The Labute approximate surface area is 182 Å². The lowest BCUT2D eigenvalue weighted by atomic mass is 10.1. The second-order valence-corrected chi connectivity index (χ2v) is 7.88. The smallest absolute Gasteiger partial charge is 0.251 e. The first-order valence-corrected chi connectivity index (χ1v) is 10.7. The molecule has 0 saturated carbocycles. The number of carbonyl (C=O) groups is 1. The van der Waals surface area contributed by atoms with Crippen molar-refractivity contribution < 1.29 is 9.69 Å². The van der Waals surface area contributed by atoms with Crippen LogP contribution in [0.5, 0.6) is 0 Å². The average Bonchev–Trinajstić information content (AvgIpc) is 3.12. The normalized spacial score (nSPS) is 12.0. The van der Waals surface area contributed by atoms with Crippen LogP contribution in [-0.2, 0) is 19.6 Å². The molecule has 0 saturated heterocycles. The lowest BCUT2D eigenvalue weighted by Gasteiger charge is -2.13. The molecule has 0 bridgehead atoms. The molecule has 8 heteroatoms. The minimum Gasteiger partial charge on any atom is -0.355 e. The maximum Gasteiger partial charge on any atom is 0.251 e. The first-order chi connectivity index (χ1) is 14.5. The zero-order valence-corrected chi connectivity index (χ0v) is 18.6. The molecular weight excluding hydrogens is 396 g/mol. The van der Waals surface area contributed by atoms with Crippen LogP contribution in [0.4, 0.5) is 0 Å². The number of nitrogens with zero attached hydrogens (tertiary/aromatic N) is 4. The van der Waals surface area contributed by atoms with Gasteiger partial charge in [-0.1, -0.05) is 37.6 Å². The summed E-state index contributed by atoms with van der Waals surface area (Å²) in [7, 11) is 3.71. The molecule has 1 aromatic heterocycles. The third kappa shape index (κ3) is 5.40. The Morgan fingerprint density at radius 3 is 2.37 bits per heavy atom. The number of unbranched alkanes of at least 4 members (excludes halogenated alkanes) is 1. The van der Waals surface area contributed by atoms with Crippen molar-refractivity contribution in [1.82, 2.24) is 25.1 Å². The summed E-state index contributed by atoms with van der Waals surface area (Å²) in [5, 5.41) is 11.1. The van der Waals surface area contributed by atoms with E-state index in [0.717, 1.165) is 24.2 Å². The quantitative estimate of drug-likeness (QED) is 0.516. The molecule has 0 aliphatic carbocycles. The Bertz CT molecular complexity index is 1020. The van der Waals surface area contributed by atoms with Gasteiger partial charge in [0.15, 0.2) is 6.67 Å². The van der Waals surface area contributed by atoms with E-state index in [0.29, 0.717) is 17.0 Å². The number of hydrogen-bond donors (Lipinski definition) is 2. The van der Waals surface area contributed by atoms with Gasteiger partial charge in [-0.3, -0.25) is 4.79 Å². The average molecular weight is 426 g/mol. The van der Waals surface area contributed by atoms with E-state index < -0.39 is 0 Å². The van der Waals surface area contributed by atoms with E-state index in [-0.39, 0.29) is 5.91 Å². The van der Waals surface area contributed by atoms with E-state index in [4.69, 9.17) is 12.2 Å². The van der Waals surface area contributed by atoms with Crippen molar-refractivity contribution in [2.24, 2.45) is 0 Å². The first-order valence-electron chi connectivity index (χ1n) is 10.3. The summed E-state index contributed by atoms with van der Waals surface area (Å²) < 4.78 is 4.02. The number of aromatic nitrogens is 4. The minimum absolute atomic E-state index is 0.0800. The Kier molecular flexibility index (Phi) is 7.48. The van der Waals surface area contributed by atoms with Crippen LogP contribution < -0.4 is 10.2 Å². The van der Waals surface area contributed by atoms with E-state index in [2.05, 4.69) is 41.8 Å². The van der Waals surface area contributed by atoms with E-state index in [1.807, 2.05) is 36.4 Å². The molecule has 2 aromatic carbocycles. The van der Waals surface area contributed by atoms with E-state index in [1.165, 1.54) is 23.3 Å². The summed E-state index contributed by atoms with van der Waals surface area (Å²) >= 11 is 5.60. The summed E-state index contributed by atoms with van der Waals surface area (Å²) in [6, 6.07) is 16.0.